The molecule has 0 radical (unpaired) electrons. The number of benzene rings is 1. The van der Waals surface area contributed by atoms with Crippen LogP contribution in [0.25, 0.3) is 10.9 Å². The molecule has 0 fully saturated rings. The fourth-order valence-corrected chi connectivity index (χ4v) is 3.87. The average molecular weight is 467 g/mol. The lowest BCUT2D eigenvalue weighted by Crippen LogP contribution is -2.37. The van der Waals surface area contributed by atoms with Crippen molar-refractivity contribution in [2.75, 3.05) is 0 Å². The van der Waals surface area contributed by atoms with Gasteiger partial charge in [0, 0.05) is 28.1 Å². The van der Waals surface area contributed by atoms with Crippen molar-refractivity contribution in [3.8, 4) is 0 Å². The molecule has 3 nitrogen and oxygen atoms in total. The number of alkyl halides is 3. The van der Waals surface area contributed by atoms with Gasteiger partial charge < -0.3 is 4.57 Å². The lowest BCUT2D eigenvalue weighted by Gasteiger charge is -2.29. The quantitative estimate of drug-likeness (QED) is 0.586. The van der Waals surface area contributed by atoms with Crippen LogP contribution >= 0.6 is 15.9 Å². The van der Waals surface area contributed by atoms with Crippen molar-refractivity contribution in [3.05, 3.63) is 34.4 Å². The summed E-state index contributed by atoms with van der Waals surface area (Å²) < 4.78 is 55.3. The molecule has 1 aromatic carbocycles. The van der Waals surface area contributed by atoms with Gasteiger partial charge in [-0.2, -0.15) is 13.2 Å². The molecule has 1 aromatic heterocycles. The van der Waals surface area contributed by atoms with Crippen molar-refractivity contribution in [2.24, 2.45) is 10.6 Å². The molecule has 2 N–H and O–H groups in total. The number of hydrogen-bond acceptors (Lipinski definition) is 1. The summed E-state index contributed by atoms with van der Waals surface area (Å²) in [5, 5.41) is 6.01. The predicted octanol–water partition coefficient (Wildman–Crippen LogP) is 5.89. The van der Waals surface area contributed by atoms with Crippen LogP contribution in [0.2, 0.25) is 0 Å². The van der Waals surface area contributed by atoms with Gasteiger partial charge in [0.05, 0.1) is 21.7 Å². The largest absolute Gasteiger partial charge is 0.395 e. The van der Waals surface area contributed by atoms with E-state index >= 15 is 0 Å². The summed E-state index contributed by atoms with van der Waals surface area (Å²) in [5.74, 6) is -1.75. The SMILES string of the molecule is CC(C)(C)Cn1cc([C@H](CC(C)(C)S(N)=O)C(F)(F)F)c2ccc(Br)cc21. The van der Waals surface area contributed by atoms with Crippen LogP contribution in [0.4, 0.5) is 13.2 Å². The summed E-state index contributed by atoms with van der Waals surface area (Å²) in [5.41, 5.74) is 0.847. The van der Waals surface area contributed by atoms with Crippen LogP contribution in [-0.4, -0.2) is 19.7 Å². The van der Waals surface area contributed by atoms with Gasteiger partial charge >= 0.3 is 6.18 Å². The van der Waals surface area contributed by atoms with Crippen LogP contribution in [0.5, 0.6) is 0 Å². The number of nitrogens with two attached hydrogens (primary N) is 1. The lowest BCUT2D eigenvalue weighted by molar-refractivity contribution is -0.152. The number of nitrogens with zero attached hydrogens (tertiary/aromatic N) is 1. The molecule has 0 spiro atoms. The molecule has 27 heavy (non-hydrogen) atoms. The normalized spacial score (nSPS) is 15.9. The molecule has 2 aromatic rings. The number of hydrogen-bond donors (Lipinski definition) is 1. The Balaban J connectivity index is 2.67. The maximum absolute atomic E-state index is 14.0. The summed E-state index contributed by atoms with van der Waals surface area (Å²) >= 11 is 3.41. The number of fused-ring (bicyclic) bond motifs is 1. The molecule has 1 heterocycles. The van der Waals surface area contributed by atoms with E-state index in [1.807, 2.05) is 31.4 Å². The third-order valence-corrected chi connectivity index (χ3v) is 6.28. The molecule has 0 bridgehead atoms. The van der Waals surface area contributed by atoms with Crippen LogP contribution in [0.15, 0.2) is 28.9 Å². The molecule has 2 atom stereocenters. The van der Waals surface area contributed by atoms with E-state index in [-0.39, 0.29) is 17.4 Å². The molecule has 0 aliphatic carbocycles. The molecule has 0 amide bonds. The van der Waals surface area contributed by atoms with E-state index in [0.29, 0.717) is 11.9 Å². The highest BCUT2D eigenvalue weighted by molar-refractivity contribution is 9.10. The first kappa shape index (κ1) is 22.4. The Kier molecular flexibility index (Phi) is 6.25. The zero-order valence-corrected chi connectivity index (χ0v) is 18.6. The van der Waals surface area contributed by atoms with Crippen molar-refractivity contribution in [1.29, 1.82) is 0 Å². The van der Waals surface area contributed by atoms with Crippen molar-refractivity contribution in [1.82, 2.24) is 4.57 Å². The Morgan fingerprint density at radius 2 is 1.78 bits per heavy atom. The molecular weight excluding hydrogens is 441 g/mol. The molecule has 152 valence electrons. The maximum Gasteiger partial charge on any atom is 0.395 e. The highest BCUT2D eigenvalue weighted by Crippen LogP contribution is 2.45. The monoisotopic (exact) mass is 466 g/mol. The van der Waals surface area contributed by atoms with E-state index in [2.05, 4.69) is 15.9 Å². The Labute approximate surface area is 169 Å². The first-order valence-electron chi connectivity index (χ1n) is 8.63. The maximum atomic E-state index is 14.0. The van der Waals surface area contributed by atoms with Gasteiger partial charge in [0.2, 0.25) is 0 Å². The Bertz CT molecular complexity index is 853. The van der Waals surface area contributed by atoms with Crippen molar-refractivity contribution >= 4 is 37.8 Å². The highest BCUT2D eigenvalue weighted by Gasteiger charge is 2.46. The third kappa shape index (κ3) is 5.35. The van der Waals surface area contributed by atoms with Gasteiger partial charge in [0.15, 0.2) is 0 Å². The van der Waals surface area contributed by atoms with Gasteiger partial charge in [-0.3, -0.25) is 5.14 Å². The second-order valence-electron chi connectivity index (χ2n) is 8.79. The first-order valence-corrected chi connectivity index (χ1v) is 10.6. The van der Waals surface area contributed by atoms with Crippen LogP contribution in [0.1, 0.15) is 52.5 Å². The second kappa shape index (κ2) is 7.52. The summed E-state index contributed by atoms with van der Waals surface area (Å²) in [6.07, 6.45) is -3.22. The minimum absolute atomic E-state index is 0.0999. The van der Waals surface area contributed by atoms with E-state index < -0.39 is 27.8 Å². The van der Waals surface area contributed by atoms with Gasteiger partial charge in [-0.05, 0) is 43.4 Å². The Hall–Kier alpha value is -0.860. The molecule has 1 unspecified atom stereocenters. The summed E-state index contributed by atoms with van der Waals surface area (Å²) in [7, 11) is -1.87. The number of halogens is 4. The Morgan fingerprint density at radius 3 is 2.26 bits per heavy atom. The fourth-order valence-electron chi connectivity index (χ4n) is 3.19. The molecule has 0 aliphatic rings. The molecule has 8 heteroatoms. The van der Waals surface area contributed by atoms with E-state index in [9.17, 15) is 17.4 Å². The zero-order chi connectivity index (χ0) is 20.8. The predicted molar refractivity (Wildman–Crippen MR) is 109 cm³/mol. The summed E-state index contributed by atoms with van der Waals surface area (Å²) in [6, 6.07) is 5.29. The van der Waals surface area contributed by atoms with Crippen molar-refractivity contribution < 1.29 is 17.4 Å². The topological polar surface area (TPSA) is 48.0 Å². The van der Waals surface area contributed by atoms with Crippen LogP contribution in [-0.2, 0) is 17.5 Å². The molecule has 2 rings (SSSR count). The van der Waals surface area contributed by atoms with Gasteiger partial charge in [-0.1, -0.05) is 42.8 Å². The highest BCUT2D eigenvalue weighted by atomic mass is 79.9. The third-order valence-electron chi connectivity index (χ3n) is 4.53. The fraction of sp³-hybridized carbons (Fsp3) is 0.579. The van der Waals surface area contributed by atoms with Crippen LogP contribution in [0.3, 0.4) is 0 Å². The van der Waals surface area contributed by atoms with Gasteiger partial charge in [-0.15, -0.1) is 0 Å². The molecular formula is C19H26BrF3N2OS. The summed E-state index contributed by atoms with van der Waals surface area (Å²) in [6.45, 7) is 9.71. The number of aromatic nitrogens is 1. The van der Waals surface area contributed by atoms with E-state index in [1.54, 1.807) is 18.3 Å². The van der Waals surface area contributed by atoms with Crippen LogP contribution in [0, 0.1) is 5.41 Å². The molecule has 0 saturated heterocycles. The average Bonchev–Trinajstić information content (AvgIpc) is 2.79. The molecule has 0 aliphatic heterocycles. The number of rotatable bonds is 5. The Morgan fingerprint density at radius 1 is 1.19 bits per heavy atom. The van der Waals surface area contributed by atoms with Gasteiger partial charge in [-0.25, -0.2) is 4.21 Å². The standard InChI is InChI=1S/C19H26BrF3N2OS/c1-17(2,3)11-25-10-14(13-7-6-12(20)8-16(13)25)15(19(21,22)23)9-18(4,5)27(24)26/h6-8,10,15H,9,11,24H2,1-5H3/t15-,27?/m0/s1. The second-order valence-corrected chi connectivity index (χ2v) is 11.4. The minimum atomic E-state index is -4.47. The van der Waals surface area contributed by atoms with E-state index in [0.717, 1.165) is 9.99 Å². The van der Waals surface area contributed by atoms with E-state index in [1.165, 1.54) is 13.8 Å². The van der Waals surface area contributed by atoms with Crippen LogP contribution < -0.4 is 5.14 Å². The lowest BCUT2D eigenvalue weighted by atomic mass is 9.89. The summed E-state index contributed by atoms with van der Waals surface area (Å²) in [4.78, 5) is 0. The van der Waals surface area contributed by atoms with E-state index in [4.69, 9.17) is 5.14 Å². The smallest absolute Gasteiger partial charge is 0.347 e. The van der Waals surface area contributed by atoms with Gasteiger partial charge in [0.25, 0.3) is 0 Å². The van der Waals surface area contributed by atoms with Crippen molar-refractivity contribution in [2.45, 2.75) is 64.4 Å². The van der Waals surface area contributed by atoms with Gasteiger partial charge in [0.1, 0.15) is 0 Å². The minimum Gasteiger partial charge on any atom is -0.347 e. The first-order chi connectivity index (χ1) is 12.1. The zero-order valence-electron chi connectivity index (χ0n) is 16.2. The van der Waals surface area contributed by atoms with Crippen molar-refractivity contribution in [3.63, 3.8) is 0 Å². The molecule has 0 saturated carbocycles.